The van der Waals surface area contributed by atoms with E-state index in [1.165, 1.54) is 41.4 Å². The zero-order chi connectivity index (χ0) is 13.8. The van der Waals surface area contributed by atoms with Crippen LogP contribution in [0, 0.1) is 0 Å². The van der Waals surface area contributed by atoms with Crippen molar-refractivity contribution in [1.82, 2.24) is 0 Å². The molecule has 20 heavy (non-hydrogen) atoms. The molecule has 4 heteroatoms. The molecule has 0 saturated heterocycles. The monoisotopic (exact) mass is 286 g/mol. The molecule has 2 N–H and O–H groups in total. The van der Waals surface area contributed by atoms with Gasteiger partial charge < -0.3 is 10.5 Å². The lowest BCUT2D eigenvalue weighted by Gasteiger charge is -2.26. The third-order valence-corrected chi connectivity index (χ3v) is 4.21. The van der Waals surface area contributed by atoms with E-state index >= 15 is 0 Å². The molecule has 0 atom stereocenters. The molecular formula is C16H20BClN2. The van der Waals surface area contributed by atoms with Crippen molar-refractivity contribution < 1.29 is 0 Å². The van der Waals surface area contributed by atoms with Crippen LogP contribution in [0.4, 0.5) is 11.4 Å². The van der Waals surface area contributed by atoms with Gasteiger partial charge in [0.05, 0.1) is 0 Å². The van der Waals surface area contributed by atoms with Crippen LogP contribution in [-0.4, -0.2) is 12.9 Å². The van der Waals surface area contributed by atoms with E-state index in [-0.39, 0.29) is 0 Å². The number of unbranched alkanes of at least 4 members (excludes halogenated alkanes) is 3. The zero-order valence-corrected chi connectivity index (χ0v) is 12.4. The molecule has 2 aromatic carbocycles. The maximum Gasteiger partial charge on any atom is 0.370 e. The van der Waals surface area contributed by atoms with Crippen LogP contribution in [0.25, 0.3) is 10.8 Å². The van der Waals surface area contributed by atoms with Gasteiger partial charge in [-0.2, -0.15) is 0 Å². The molecule has 0 aliphatic carbocycles. The molecule has 2 aromatic rings. The van der Waals surface area contributed by atoms with Crippen molar-refractivity contribution >= 4 is 40.7 Å². The highest BCUT2D eigenvalue weighted by Gasteiger charge is 2.22. The van der Waals surface area contributed by atoms with Gasteiger partial charge >= 0.3 is 6.98 Å². The maximum atomic E-state index is 5.71. The van der Waals surface area contributed by atoms with Crippen LogP contribution in [0.3, 0.4) is 0 Å². The van der Waals surface area contributed by atoms with Gasteiger partial charge in [-0.25, -0.2) is 0 Å². The van der Waals surface area contributed by atoms with Crippen LogP contribution in [0.1, 0.15) is 25.7 Å². The Bertz CT molecular complexity index is 547. The molecule has 3 rings (SSSR count). The average molecular weight is 287 g/mol. The Morgan fingerprint density at radius 1 is 0.850 bits per heavy atom. The summed E-state index contributed by atoms with van der Waals surface area (Å²) in [6.45, 7) is 0.339. The first-order chi connectivity index (χ1) is 9.88. The summed E-state index contributed by atoms with van der Waals surface area (Å²) in [7, 11) is 0. The lowest BCUT2D eigenvalue weighted by molar-refractivity contribution is 0.701. The second-order valence-corrected chi connectivity index (χ2v) is 5.82. The number of hydrogen-bond donors (Lipinski definition) is 2. The highest BCUT2D eigenvalue weighted by atomic mass is 35.5. The molecule has 1 aliphatic heterocycles. The topological polar surface area (TPSA) is 24.1 Å². The minimum atomic E-state index is 0.339. The largest absolute Gasteiger partial charge is 0.409 e. The van der Waals surface area contributed by atoms with Crippen LogP contribution in [0.15, 0.2) is 36.4 Å². The Morgan fingerprint density at radius 2 is 1.50 bits per heavy atom. The van der Waals surface area contributed by atoms with Gasteiger partial charge in [-0.3, -0.25) is 0 Å². The Kier molecular flexibility index (Phi) is 4.36. The van der Waals surface area contributed by atoms with Gasteiger partial charge in [0.2, 0.25) is 0 Å². The van der Waals surface area contributed by atoms with Gasteiger partial charge in [0.25, 0.3) is 0 Å². The molecule has 1 heterocycles. The molecule has 1 aliphatic rings. The predicted molar refractivity (Wildman–Crippen MR) is 90.9 cm³/mol. The van der Waals surface area contributed by atoms with E-state index < -0.39 is 0 Å². The minimum absolute atomic E-state index is 0.339. The molecule has 0 unspecified atom stereocenters. The molecule has 0 radical (unpaired) electrons. The highest BCUT2D eigenvalue weighted by Crippen LogP contribution is 2.34. The van der Waals surface area contributed by atoms with Gasteiger partial charge in [0.1, 0.15) is 0 Å². The third kappa shape index (κ3) is 2.88. The van der Waals surface area contributed by atoms with E-state index in [0.29, 0.717) is 6.98 Å². The normalized spacial score (nSPS) is 13.2. The second kappa shape index (κ2) is 6.40. The summed E-state index contributed by atoms with van der Waals surface area (Å²) in [5, 5.41) is 9.84. The van der Waals surface area contributed by atoms with E-state index in [1.807, 2.05) is 0 Å². The molecule has 0 spiro atoms. The lowest BCUT2D eigenvalue weighted by Crippen LogP contribution is -2.36. The number of benzene rings is 2. The average Bonchev–Trinajstić information content (AvgIpc) is 2.48. The van der Waals surface area contributed by atoms with Crippen molar-refractivity contribution in [2.75, 3.05) is 16.3 Å². The van der Waals surface area contributed by atoms with Crippen molar-refractivity contribution in [3.8, 4) is 0 Å². The molecule has 104 valence electrons. The zero-order valence-electron chi connectivity index (χ0n) is 11.7. The molecule has 0 bridgehead atoms. The van der Waals surface area contributed by atoms with Gasteiger partial charge in [-0.1, -0.05) is 43.5 Å². The summed E-state index contributed by atoms with van der Waals surface area (Å²) in [5.74, 6) is 0.787. The van der Waals surface area contributed by atoms with Crippen LogP contribution in [0.2, 0.25) is 6.32 Å². The number of anilines is 2. The number of rotatable bonds is 6. The molecule has 2 nitrogen and oxygen atoms in total. The van der Waals surface area contributed by atoms with E-state index in [2.05, 4.69) is 46.9 Å². The van der Waals surface area contributed by atoms with Crippen molar-refractivity contribution in [3.05, 3.63) is 36.4 Å². The fraction of sp³-hybridized carbons (Fsp3) is 0.375. The summed E-state index contributed by atoms with van der Waals surface area (Å²) in [6.07, 6.45) is 6.02. The maximum absolute atomic E-state index is 5.71. The van der Waals surface area contributed by atoms with E-state index in [0.717, 1.165) is 18.6 Å². The summed E-state index contributed by atoms with van der Waals surface area (Å²) in [6, 6.07) is 12.9. The van der Waals surface area contributed by atoms with E-state index in [9.17, 15) is 0 Å². The number of hydrogen-bond acceptors (Lipinski definition) is 2. The van der Waals surface area contributed by atoms with Gasteiger partial charge in [0, 0.05) is 22.6 Å². The van der Waals surface area contributed by atoms with Crippen LogP contribution < -0.4 is 10.5 Å². The Hall–Kier alpha value is -1.35. The number of halogens is 1. The quantitative estimate of drug-likeness (QED) is 0.445. The van der Waals surface area contributed by atoms with Gasteiger partial charge in [-0.15, -0.1) is 11.6 Å². The first kappa shape index (κ1) is 13.6. The summed E-state index contributed by atoms with van der Waals surface area (Å²) >= 11 is 5.71. The first-order valence-corrected chi connectivity index (χ1v) is 8.03. The second-order valence-electron chi connectivity index (χ2n) is 5.44. The molecule has 0 fully saturated rings. The molecule has 0 amide bonds. The number of alkyl halides is 1. The van der Waals surface area contributed by atoms with Crippen LogP contribution in [-0.2, 0) is 0 Å². The Balaban J connectivity index is 1.66. The van der Waals surface area contributed by atoms with Crippen molar-refractivity contribution in [3.63, 3.8) is 0 Å². The minimum Gasteiger partial charge on any atom is -0.409 e. The van der Waals surface area contributed by atoms with E-state index in [4.69, 9.17) is 11.6 Å². The molecular weight excluding hydrogens is 266 g/mol. The first-order valence-electron chi connectivity index (χ1n) is 7.49. The van der Waals surface area contributed by atoms with Gasteiger partial charge in [-0.05, 0) is 30.3 Å². The summed E-state index contributed by atoms with van der Waals surface area (Å²) in [4.78, 5) is 0. The highest BCUT2D eigenvalue weighted by molar-refractivity contribution is 6.67. The fourth-order valence-electron chi connectivity index (χ4n) is 2.93. The smallest absolute Gasteiger partial charge is 0.370 e. The van der Waals surface area contributed by atoms with E-state index in [1.54, 1.807) is 0 Å². The molecule has 0 saturated carbocycles. The lowest BCUT2D eigenvalue weighted by atomic mass is 9.68. The number of nitrogens with one attached hydrogen (secondary N) is 2. The molecule has 0 aromatic heterocycles. The van der Waals surface area contributed by atoms with Crippen molar-refractivity contribution in [1.29, 1.82) is 0 Å². The van der Waals surface area contributed by atoms with Crippen molar-refractivity contribution in [2.24, 2.45) is 0 Å². The Morgan fingerprint density at radius 3 is 2.15 bits per heavy atom. The summed E-state index contributed by atoms with van der Waals surface area (Å²) in [5.41, 5.74) is 2.50. The standard InChI is InChI=1S/C16H20BClN2/c18-12-4-2-1-3-11-17-19-14-9-5-7-13-8-6-10-15(20-17)16(13)14/h5-10,19-20H,1-4,11-12H2. The predicted octanol–water partition coefficient (Wildman–Crippen LogP) is 4.96. The Labute approximate surface area is 126 Å². The summed E-state index contributed by atoms with van der Waals surface area (Å²) < 4.78 is 0. The van der Waals surface area contributed by atoms with Crippen LogP contribution >= 0.6 is 11.6 Å². The SMILES string of the molecule is ClCCCCCCB1Nc2cccc3cccc(c23)N1. The third-order valence-electron chi connectivity index (χ3n) is 3.94. The van der Waals surface area contributed by atoms with Crippen molar-refractivity contribution in [2.45, 2.75) is 32.0 Å². The van der Waals surface area contributed by atoms with Crippen LogP contribution in [0.5, 0.6) is 0 Å². The fourth-order valence-corrected chi connectivity index (χ4v) is 3.12. The van der Waals surface area contributed by atoms with Gasteiger partial charge in [0.15, 0.2) is 0 Å².